The fourth-order valence-electron chi connectivity index (χ4n) is 1.66. The van der Waals surface area contributed by atoms with E-state index in [1.165, 1.54) is 17.3 Å². The van der Waals surface area contributed by atoms with Gasteiger partial charge in [-0.1, -0.05) is 6.07 Å². The van der Waals surface area contributed by atoms with Crippen molar-refractivity contribution in [1.29, 1.82) is 0 Å². The van der Waals surface area contributed by atoms with Gasteiger partial charge in [-0.2, -0.15) is 0 Å². The lowest BCUT2D eigenvalue weighted by atomic mass is 10.2. The molecule has 100 valence electrons. The van der Waals surface area contributed by atoms with E-state index >= 15 is 0 Å². The molecule has 2 rings (SSSR count). The Kier molecular flexibility index (Phi) is 4.50. The number of hydrogen-bond donors (Lipinski definition) is 1. The van der Waals surface area contributed by atoms with Crippen molar-refractivity contribution in [3.05, 3.63) is 40.8 Å². The van der Waals surface area contributed by atoms with E-state index < -0.39 is 0 Å². The molecule has 2 heterocycles. The number of aryl methyl sites for hydroxylation is 2. The zero-order valence-corrected chi connectivity index (χ0v) is 12.5. The molecule has 2 aromatic rings. The van der Waals surface area contributed by atoms with Crippen LogP contribution in [0.4, 0.5) is 0 Å². The van der Waals surface area contributed by atoms with Gasteiger partial charge in [-0.3, -0.25) is 0 Å². The Morgan fingerprint density at radius 1 is 1.11 bits per heavy atom. The number of aromatic nitrogens is 3. The van der Waals surface area contributed by atoms with Gasteiger partial charge < -0.3 is 5.32 Å². The Morgan fingerprint density at radius 2 is 1.79 bits per heavy atom. The van der Waals surface area contributed by atoms with Gasteiger partial charge in [0.25, 0.3) is 0 Å². The first-order valence-electron chi connectivity index (χ1n) is 6.19. The third-order valence-corrected chi connectivity index (χ3v) is 3.80. The summed E-state index contributed by atoms with van der Waals surface area (Å²) in [6.45, 7) is 6.90. The highest BCUT2D eigenvalue weighted by Crippen LogP contribution is 2.24. The maximum Gasteiger partial charge on any atom is 0.194 e. The highest BCUT2D eigenvalue weighted by molar-refractivity contribution is 7.99. The third kappa shape index (κ3) is 3.52. The average Bonchev–Trinajstić information content (AvgIpc) is 2.38. The van der Waals surface area contributed by atoms with Gasteiger partial charge in [0.15, 0.2) is 5.16 Å². The molecule has 5 heteroatoms. The van der Waals surface area contributed by atoms with Crippen molar-refractivity contribution < 1.29 is 0 Å². The van der Waals surface area contributed by atoms with Crippen LogP contribution < -0.4 is 5.32 Å². The van der Waals surface area contributed by atoms with Crippen molar-refractivity contribution >= 4 is 11.8 Å². The van der Waals surface area contributed by atoms with Gasteiger partial charge in [-0.15, -0.1) is 0 Å². The maximum absolute atomic E-state index is 4.49. The predicted molar refractivity (Wildman–Crippen MR) is 77.4 cm³/mol. The minimum absolute atomic E-state index is 0.759. The quantitative estimate of drug-likeness (QED) is 0.869. The molecule has 0 aliphatic rings. The molecular formula is C14H18N4S. The fourth-order valence-corrected chi connectivity index (χ4v) is 2.45. The monoisotopic (exact) mass is 274 g/mol. The maximum atomic E-state index is 4.49. The smallest absolute Gasteiger partial charge is 0.194 e. The zero-order chi connectivity index (χ0) is 13.8. The van der Waals surface area contributed by atoms with Crippen molar-refractivity contribution in [2.45, 2.75) is 37.5 Å². The highest BCUT2D eigenvalue weighted by Gasteiger charge is 2.07. The van der Waals surface area contributed by atoms with Gasteiger partial charge in [-0.25, -0.2) is 15.0 Å². The first-order valence-corrected chi connectivity index (χ1v) is 7.01. The van der Waals surface area contributed by atoms with E-state index in [0.29, 0.717) is 0 Å². The lowest BCUT2D eigenvalue weighted by Crippen LogP contribution is -2.05. The minimum atomic E-state index is 0.759. The fraction of sp³-hybridized carbons (Fsp3) is 0.357. The van der Waals surface area contributed by atoms with Gasteiger partial charge in [0.1, 0.15) is 5.03 Å². The normalized spacial score (nSPS) is 10.7. The molecule has 0 saturated heterocycles. The largest absolute Gasteiger partial charge is 0.316 e. The highest BCUT2D eigenvalue weighted by atomic mass is 32.2. The number of nitrogens with zero attached hydrogens (tertiary/aromatic N) is 3. The van der Waals surface area contributed by atoms with Crippen molar-refractivity contribution in [2.75, 3.05) is 7.05 Å². The summed E-state index contributed by atoms with van der Waals surface area (Å²) in [7, 11) is 1.92. The second kappa shape index (κ2) is 6.12. The topological polar surface area (TPSA) is 50.7 Å². The van der Waals surface area contributed by atoms with Crippen LogP contribution in [0.2, 0.25) is 0 Å². The summed E-state index contributed by atoms with van der Waals surface area (Å²) in [5, 5.41) is 4.78. The van der Waals surface area contributed by atoms with Crippen molar-refractivity contribution in [3.8, 4) is 0 Å². The van der Waals surface area contributed by atoms with Crippen molar-refractivity contribution in [3.63, 3.8) is 0 Å². The Labute approximate surface area is 118 Å². The second-order valence-corrected chi connectivity index (χ2v) is 5.43. The summed E-state index contributed by atoms with van der Waals surface area (Å²) in [5.41, 5.74) is 4.38. The third-order valence-electron chi connectivity index (χ3n) is 2.99. The van der Waals surface area contributed by atoms with E-state index in [1.54, 1.807) is 0 Å². The van der Waals surface area contributed by atoms with Gasteiger partial charge in [0.2, 0.25) is 0 Å². The van der Waals surface area contributed by atoms with E-state index in [2.05, 4.69) is 26.3 Å². The minimum Gasteiger partial charge on any atom is -0.316 e. The van der Waals surface area contributed by atoms with Gasteiger partial charge in [0.05, 0.1) is 0 Å². The van der Waals surface area contributed by atoms with Gasteiger partial charge in [-0.05, 0) is 56.8 Å². The van der Waals surface area contributed by atoms with Crippen LogP contribution in [-0.4, -0.2) is 22.0 Å². The molecule has 0 atom stereocenters. The lowest BCUT2D eigenvalue weighted by Gasteiger charge is -2.06. The van der Waals surface area contributed by atoms with E-state index in [9.17, 15) is 0 Å². The SMILES string of the molecule is CNCc1ccc(Sc2nc(C)c(C)c(C)n2)nc1. The Bertz CT molecular complexity index is 543. The molecule has 0 bridgehead atoms. The Morgan fingerprint density at radius 3 is 2.32 bits per heavy atom. The Balaban J connectivity index is 2.17. The standard InChI is InChI=1S/C14H18N4S/c1-9-10(2)17-14(18-11(9)3)19-13-6-5-12(7-15-4)8-16-13/h5-6,8,15H,7H2,1-4H3. The second-order valence-electron chi connectivity index (χ2n) is 4.44. The molecule has 0 fully saturated rings. The molecule has 0 aliphatic carbocycles. The van der Waals surface area contributed by atoms with Crippen LogP contribution in [-0.2, 0) is 6.54 Å². The van der Waals surface area contributed by atoms with Crippen LogP contribution >= 0.6 is 11.8 Å². The molecule has 4 nitrogen and oxygen atoms in total. The molecule has 0 aliphatic heterocycles. The molecule has 19 heavy (non-hydrogen) atoms. The number of pyridine rings is 1. The van der Waals surface area contributed by atoms with Gasteiger partial charge >= 0.3 is 0 Å². The summed E-state index contributed by atoms with van der Waals surface area (Å²) >= 11 is 1.50. The first-order chi connectivity index (χ1) is 9.10. The molecular weight excluding hydrogens is 256 g/mol. The van der Waals surface area contributed by atoms with Crippen LogP contribution in [0, 0.1) is 20.8 Å². The molecule has 2 aromatic heterocycles. The van der Waals surface area contributed by atoms with E-state index in [0.717, 1.165) is 33.7 Å². The van der Waals surface area contributed by atoms with Crippen molar-refractivity contribution in [2.24, 2.45) is 0 Å². The van der Waals surface area contributed by atoms with Crippen LogP contribution in [0.5, 0.6) is 0 Å². The average molecular weight is 274 g/mol. The summed E-state index contributed by atoms with van der Waals surface area (Å²) in [6.07, 6.45) is 1.88. The van der Waals surface area contributed by atoms with Gasteiger partial charge in [0, 0.05) is 24.1 Å². The molecule has 0 amide bonds. The summed E-state index contributed by atoms with van der Waals surface area (Å²) < 4.78 is 0. The molecule has 0 saturated carbocycles. The number of nitrogens with one attached hydrogen (secondary N) is 1. The number of rotatable bonds is 4. The van der Waals surface area contributed by atoms with Crippen LogP contribution in [0.15, 0.2) is 28.5 Å². The predicted octanol–water partition coefficient (Wildman–Crippen LogP) is 2.67. The summed E-state index contributed by atoms with van der Waals surface area (Å²) in [6, 6.07) is 4.07. The summed E-state index contributed by atoms with van der Waals surface area (Å²) in [4.78, 5) is 13.4. The van der Waals surface area contributed by atoms with Crippen LogP contribution in [0.1, 0.15) is 22.5 Å². The molecule has 1 N–H and O–H groups in total. The zero-order valence-electron chi connectivity index (χ0n) is 11.7. The van der Waals surface area contributed by atoms with Crippen LogP contribution in [0.25, 0.3) is 0 Å². The molecule has 0 spiro atoms. The van der Waals surface area contributed by atoms with Crippen LogP contribution in [0.3, 0.4) is 0 Å². The number of hydrogen-bond acceptors (Lipinski definition) is 5. The molecule has 0 radical (unpaired) electrons. The Hall–Kier alpha value is -1.46. The van der Waals surface area contributed by atoms with E-state index in [1.807, 2.05) is 40.1 Å². The van der Waals surface area contributed by atoms with E-state index in [4.69, 9.17) is 0 Å². The lowest BCUT2D eigenvalue weighted by molar-refractivity contribution is 0.809. The van der Waals surface area contributed by atoms with Crippen molar-refractivity contribution in [1.82, 2.24) is 20.3 Å². The first kappa shape index (κ1) is 14.0. The van der Waals surface area contributed by atoms with E-state index in [-0.39, 0.29) is 0 Å². The molecule has 0 aromatic carbocycles. The molecule has 0 unspecified atom stereocenters. The summed E-state index contributed by atoms with van der Waals surface area (Å²) in [5.74, 6) is 0.